The fraction of sp³-hybridized carbons (Fsp3) is 0.857. The number of H-pyrrole nitrogens is 1. The predicted molar refractivity (Wildman–Crippen MR) is 46.9 cm³/mol. The number of anilines is 1. The van der Waals surface area contributed by atoms with Crippen molar-refractivity contribution in [2.45, 2.75) is 39.8 Å². The van der Waals surface area contributed by atoms with Gasteiger partial charge in [0, 0.05) is 12.1 Å². The average molecular weight is 169 g/mol. The summed E-state index contributed by atoms with van der Waals surface area (Å²) in [7, 11) is 0. The molecule has 0 amide bonds. The lowest BCUT2D eigenvalue weighted by Gasteiger charge is -2.28. The SMILES string of the molecule is CC(C)N(c1nn[nH]n1)C(C)C. The topological polar surface area (TPSA) is 57.7 Å². The molecule has 0 spiro atoms. The zero-order valence-electron chi connectivity index (χ0n) is 7.94. The molecule has 1 N–H and O–H groups in total. The van der Waals surface area contributed by atoms with Gasteiger partial charge in [-0.2, -0.15) is 5.21 Å². The molecule has 0 aliphatic rings. The normalized spacial score (nSPS) is 11.2. The standard InChI is InChI=1S/C7H15N5/c1-5(2)12(6(3)4)7-8-10-11-9-7/h5-6H,1-4H3,(H,8,9,10,11). The number of aromatic nitrogens is 4. The second-order valence-electron chi connectivity index (χ2n) is 3.31. The second-order valence-corrected chi connectivity index (χ2v) is 3.31. The van der Waals surface area contributed by atoms with Crippen LogP contribution in [0.15, 0.2) is 0 Å². The Kier molecular flexibility index (Phi) is 2.62. The molecule has 0 aromatic carbocycles. The lowest BCUT2D eigenvalue weighted by molar-refractivity contribution is 0.591. The Morgan fingerprint density at radius 3 is 2.08 bits per heavy atom. The van der Waals surface area contributed by atoms with Gasteiger partial charge in [0.1, 0.15) is 0 Å². The summed E-state index contributed by atoms with van der Waals surface area (Å²) in [6, 6.07) is 0.783. The molecule has 12 heavy (non-hydrogen) atoms. The Bertz CT molecular complexity index is 208. The van der Waals surface area contributed by atoms with E-state index in [1.165, 1.54) is 0 Å². The zero-order valence-corrected chi connectivity index (χ0v) is 7.94. The summed E-state index contributed by atoms with van der Waals surface area (Å²) >= 11 is 0. The van der Waals surface area contributed by atoms with Crippen LogP contribution < -0.4 is 4.90 Å². The molecular weight excluding hydrogens is 154 g/mol. The number of rotatable bonds is 3. The van der Waals surface area contributed by atoms with Crippen LogP contribution in [0.4, 0.5) is 5.95 Å². The molecule has 0 radical (unpaired) electrons. The van der Waals surface area contributed by atoms with Crippen molar-refractivity contribution in [2.24, 2.45) is 0 Å². The second kappa shape index (κ2) is 3.51. The van der Waals surface area contributed by atoms with Crippen LogP contribution in [0.3, 0.4) is 0 Å². The summed E-state index contributed by atoms with van der Waals surface area (Å²) in [5, 5.41) is 13.9. The highest BCUT2D eigenvalue weighted by Crippen LogP contribution is 2.12. The molecular formula is C7H15N5. The van der Waals surface area contributed by atoms with Gasteiger partial charge in [0.15, 0.2) is 0 Å². The first-order valence-electron chi connectivity index (χ1n) is 4.14. The molecule has 0 saturated heterocycles. The van der Waals surface area contributed by atoms with Crippen LogP contribution in [0, 0.1) is 0 Å². The van der Waals surface area contributed by atoms with Gasteiger partial charge >= 0.3 is 0 Å². The van der Waals surface area contributed by atoms with Crippen LogP contribution in [0.1, 0.15) is 27.7 Å². The van der Waals surface area contributed by atoms with E-state index in [0.717, 1.165) is 0 Å². The van der Waals surface area contributed by atoms with E-state index in [-0.39, 0.29) is 0 Å². The molecule has 1 rings (SSSR count). The van der Waals surface area contributed by atoms with E-state index in [4.69, 9.17) is 0 Å². The summed E-state index contributed by atoms with van der Waals surface area (Å²) < 4.78 is 0. The monoisotopic (exact) mass is 169 g/mol. The highest BCUT2D eigenvalue weighted by Gasteiger charge is 2.17. The van der Waals surface area contributed by atoms with Crippen molar-refractivity contribution in [3.63, 3.8) is 0 Å². The summed E-state index contributed by atoms with van der Waals surface area (Å²) in [6.45, 7) is 8.43. The molecule has 0 unspecified atom stereocenters. The minimum atomic E-state index is 0.391. The fourth-order valence-electron chi connectivity index (χ4n) is 1.32. The van der Waals surface area contributed by atoms with Crippen LogP contribution in [-0.4, -0.2) is 32.7 Å². The molecule has 1 aromatic rings. The van der Waals surface area contributed by atoms with E-state index in [1.54, 1.807) is 0 Å². The third kappa shape index (κ3) is 1.72. The van der Waals surface area contributed by atoms with Crippen LogP contribution in [-0.2, 0) is 0 Å². The quantitative estimate of drug-likeness (QED) is 0.728. The van der Waals surface area contributed by atoms with Crippen molar-refractivity contribution in [3.8, 4) is 0 Å². The van der Waals surface area contributed by atoms with E-state index < -0.39 is 0 Å². The molecule has 1 aromatic heterocycles. The van der Waals surface area contributed by atoms with Crippen LogP contribution in [0.25, 0.3) is 0 Å². The summed E-state index contributed by atoms with van der Waals surface area (Å²) in [5.41, 5.74) is 0. The van der Waals surface area contributed by atoms with Crippen molar-refractivity contribution in [1.29, 1.82) is 0 Å². The van der Waals surface area contributed by atoms with Gasteiger partial charge < -0.3 is 4.90 Å². The van der Waals surface area contributed by atoms with Crippen molar-refractivity contribution in [2.75, 3.05) is 4.90 Å². The highest BCUT2D eigenvalue weighted by atomic mass is 15.5. The molecule has 5 nitrogen and oxygen atoms in total. The number of hydrogen-bond donors (Lipinski definition) is 1. The first-order valence-corrected chi connectivity index (χ1v) is 4.14. The van der Waals surface area contributed by atoms with Crippen LogP contribution >= 0.6 is 0 Å². The van der Waals surface area contributed by atoms with Gasteiger partial charge in [-0.1, -0.05) is 5.10 Å². The van der Waals surface area contributed by atoms with E-state index >= 15 is 0 Å². The van der Waals surface area contributed by atoms with Gasteiger partial charge in [-0.25, -0.2) is 0 Å². The zero-order chi connectivity index (χ0) is 9.14. The van der Waals surface area contributed by atoms with E-state index in [1.807, 2.05) is 0 Å². The Morgan fingerprint density at radius 2 is 1.75 bits per heavy atom. The maximum Gasteiger partial charge on any atom is 0.266 e. The van der Waals surface area contributed by atoms with Gasteiger partial charge in [0.2, 0.25) is 0 Å². The third-order valence-corrected chi connectivity index (χ3v) is 1.68. The largest absolute Gasteiger partial charge is 0.333 e. The van der Waals surface area contributed by atoms with Gasteiger partial charge in [0.25, 0.3) is 5.95 Å². The van der Waals surface area contributed by atoms with Crippen molar-refractivity contribution < 1.29 is 0 Å². The van der Waals surface area contributed by atoms with Gasteiger partial charge in [-0.3, -0.25) is 0 Å². The Labute approximate surface area is 72.2 Å². The third-order valence-electron chi connectivity index (χ3n) is 1.68. The van der Waals surface area contributed by atoms with E-state index in [9.17, 15) is 0 Å². The van der Waals surface area contributed by atoms with Gasteiger partial charge in [-0.15, -0.1) is 5.10 Å². The molecule has 0 saturated carbocycles. The Morgan fingerprint density at radius 1 is 1.17 bits per heavy atom. The highest BCUT2D eigenvalue weighted by molar-refractivity contribution is 5.28. The van der Waals surface area contributed by atoms with Crippen LogP contribution in [0.5, 0.6) is 0 Å². The molecule has 0 bridgehead atoms. The number of nitrogens with zero attached hydrogens (tertiary/aromatic N) is 4. The molecule has 0 aliphatic heterocycles. The maximum absolute atomic E-state index is 3.94. The number of nitrogens with one attached hydrogen (secondary N) is 1. The minimum absolute atomic E-state index is 0.391. The molecule has 0 atom stereocenters. The first kappa shape index (κ1) is 8.96. The Balaban J connectivity index is 2.81. The van der Waals surface area contributed by atoms with Crippen molar-refractivity contribution in [3.05, 3.63) is 0 Å². The van der Waals surface area contributed by atoms with Gasteiger partial charge in [0.05, 0.1) is 0 Å². The lowest BCUT2D eigenvalue weighted by Crippen LogP contribution is -2.37. The van der Waals surface area contributed by atoms with Crippen molar-refractivity contribution >= 4 is 5.95 Å². The summed E-state index contributed by atoms with van der Waals surface area (Å²) in [6.07, 6.45) is 0. The Hall–Kier alpha value is -1.13. The molecule has 0 fully saturated rings. The van der Waals surface area contributed by atoms with Gasteiger partial charge in [-0.05, 0) is 32.9 Å². The molecule has 1 heterocycles. The average Bonchev–Trinajstić information content (AvgIpc) is 2.37. The molecule has 0 aliphatic carbocycles. The number of aromatic amines is 1. The number of tetrazole rings is 1. The fourth-order valence-corrected chi connectivity index (χ4v) is 1.32. The van der Waals surface area contributed by atoms with Crippen LogP contribution in [0.2, 0.25) is 0 Å². The molecule has 5 heteroatoms. The smallest absolute Gasteiger partial charge is 0.266 e. The van der Waals surface area contributed by atoms with Crippen molar-refractivity contribution in [1.82, 2.24) is 20.6 Å². The predicted octanol–water partition coefficient (Wildman–Crippen LogP) is 0.823. The van der Waals surface area contributed by atoms with E-state index in [0.29, 0.717) is 18.0 Å². The lowest BCUT2D eigenvalue weighted by atomic mass is 10.2. The maximum atomic E-state index is 3.94. The van der Waals surface area contributed by atoms with E-state index in [2.05, 4.69) is 53.2 Å². The number of hydrogen-bond acceptors (Lipinski definition) is 4. The summed E-state index contributed by atoms with van der Waals surface area (Å²) in [4.78, 5) is 2.10. The minimum Gasteiger partial charge on any atom is -0.333 e. The molecule has 68 valence electrons. The first-order chi connectivity index (χ1) is 5.63. The summed E-state index contributed by atoms with van der Waals surface area (Å²) in [5.74, 6) is 0.667.